The Morgan fingerprint density at radius 3 is 2.24 bits per heavy atom. The van der Waals surface area contributed by atoms with Crippen molar-refractivity contribution in [2.75, 3.05) is 11.9 Å². The lowest BCUT2D eigenvalue weighted by Crippen LogP contribution is -2.58. The van der Waals surface area contributed by atoms with Crippen LogP contribution in [-0.2, 0) is 14.3 Å². The third kappa shape index (κ3) is 7.26. The number of amides is 3. The predicted molar refractivity (Wildman–Crippen MR) is 148 cm³/mol. The molecule has 206 valence electrons. The van der Waals surface area contributed by atoms with Gasteiger partial charge in [0, 0.05) is 6.04 Å². The summed E-state index contributed by atoms with van der Waals surface area (Å²) in [5.74, 6) is -0.987. The van der Waals surface area contributed by atoms with E-state index in [9.17, 15) is 19.5 Å². The Bertz CT molecular complexity index is 1150. The number of hydrogen-bond acceptors (Lipinski definition) is 5. The number of nitrogens with one attached hydrogen (secondary N) is 2. The molecule has 1 saturated carbocycles. The first-order valence-electron chi connectivity index (χ1n) is 12.9. The number of benzene rings is 2. The Labute approximate surface area is 229 Å². The van der Waals surface area contributed by atoms with Gasteiger partial charge in [0.2, 0.25) is 5.91 Å². The number of ether oxygens (including phenoxy) is 1. The van der Waals surface area contributed by atoms with E-state index in [0.717, 1.165) is 23.1 Å². The summed E-state index contributed by atoms with van der Waals surface area (Å²) in [6.07, 6.45) is 1.49. The van der Waals surface area contributed by atoms with Crippen LogP contribution in [0, 0.1) is 20.8 Å². The van der Waals surface area contributed by atoms with E-state index in [1.54, 1.807) is 32.9 Å². The molecule has 0 spiro atoms. The molecule has 0 bridgehead atoms. The smallest absolute Gasteiger partial charge is 0.408 e. The van der Waals surface area contributed by atoms with Crippen molar-refractivity contribution < 1.29 is 24.2 Å². The fourth-order valence-electron chi connectivity index (χ4n) is 4.59. The van der Waals surface area contributed by atoms with Gasteiger partial charge < -0.3 is 25.4 Å². The molecule has 0 aliphatic heterocycles. The second-order valence-electron chi connectivity index (χ2n) is 11.0. The van der Waals surface area contributed by atoms with Gasteiger partial charge in [-0.15, -0.1) is 0 Å². The van der Waals surface area contributed by atoms with Gasteiger partial charge in [0.1, 0.15) is 17.7 Å². The minimum Gasteiger partial charge on any atom is -0.444 e. The molecule has 2 aromatic carbocycles. The molecular weight excluding hydrogens is 506 g/mol. The largest absolute Gasteiger partial charge is 0.444 e. The maximum absolute atomic E-state index is 14.0. The van der Waals surface area contributed by atoms with Gasteiger partial charge in [-0.3, -0.25) is 9.59 Å². The van der Waals surface area contributed by atoms with Gasteiger partial charge in [-0.2, -0.15) is 0 Å². The number of anilines is 1. The lowest BCUT2D eigenvalue weighted by Gasteiger charge is -2.43. The van der Waals surface area contributed by atoms with Crippen LogP contribution in [0.5, 0.6) is 0 Å². The zero-order valence-corrected chi connectivity index (χ0v) is 23.7. The lowest BCUT2D eigenvalue weighted by molar-refractivity contribution is -0.146. The fraction of sp³-hybridized carbons (Fsp3) is 0.483. The van der Waals surface area contributed by atoms with Crippen molar-refractivity contribution in [1.82, 2.24) is 10.2 Å². The minimum absolute atomic E-state index is 0.235. The molecule has 0 heterocycles. The molecule has 9 heteroatoms. The van der Waals surface area contributed by atoms with Crippen LogP contribution >= 0.6 is 11.6 Å². The highest BCUT2D eigenvalue weighted by Crippen LogP contribution is 2.36. The van der Waals surface area contributed by atoms with Gasteiger partial charge in [0.15, 0.2) is 0 Å². The van der Waals surface area contributed by atoms with Gasteiger partial charge in [0.25, 0.3) is 5.91 Å². The van der Waals surface area contributed by atoms with Crippen LogP contribution < -0.4 is 10.6 Å². The van der Waals surface area contributed by atoms with Crippen molar-refractivity contribution >= 4 is 35.2 Å². The van der Waals surface area contributed by atoms with Crippen LogP contribution in [0.3, 0.4) is 0 Å². The molecule has 8 nitrogen and oxygen atoms in total. The first-order chi connectivity index (χ1) is 17.8. The Balaban J connectivity index is 2.05. The molecule has 2 aromatic rings. The van der Waals surface area contributed by atoms with E-state index >= 15 is 0 Å². The lowest BCUT2D eigenvalue weighted by atomic mass is 9.87. The van der Waals surface area contributed by atoms with Crippen molar-refractivity contribution in [2.45, 2.75) is 84.5 Å². The third-order valence-corrected chi connectivity index (χ3v) is 6.77. The van der Waals surface area contributed by atoms with Crippen LogP contribution in [0.25, 0.3) is 0 Å². The number of para-hydroxylation sites is 1. The van der Waals surface area contributed by atoms with Crippen molar-refractivity contribution in [2.24, 2.45) is 0 Å². The zero-order chi connectivity index (χ0) is 28.2. The average molecular weight is 544 g/mol. The van der Waals surface area contributed by atoms with E-state index in [0.29, 0.717) is 29.1 Å². The van der Waals surface area contributed by atoms with E-state index in [1.807, 2.05) is 45.0 Å². The minimum atomic E-state index is -1.28. The molecular formula is C29H38ClN3O5. The Kier molecular flexibility index (Phi) is 9.44. The highest BCUT2D eigenvalue weighted by molar-refractivity contribution is 6.34. The first-order valence-corrected chi connectivity index (χ1v) is 13.2. The number of aliphatic hydroxyl groups is 1. The summed E-state index contributed by atoms with van der Waals surface area (Å²) in [6, 6.07) is 8.55. The standard InChI is InChI=1S/C29H38ClN3O5/c1-17-13-18(2)15-20(14-17)25(26(35)32-24-19(3)9-7-12-22(24)30)33(21-10-8-11-21)27(36)23(16-34)31-28(37)38-29(4,5)6/h7,9,12-15,21,23,25,34H,8,10-11,16H2,1-6H3,(H,31,37)(H,32,35). The number of nitrogens with zero attached hydrogens (tertiary/aromatic N) is 1. The van der Waals surface area contributed by atoms with Crippen molar-refractivity contribution in [3.05, 3.63) is 63.7 Å². The maximum Gasteiger partial charge on any atom is 0.408 e. The van der Waals surface area contributed by atoms with E-state index in [2.05, 4.69) is 10.6 Å². The summed E-state index contributed by atoms with van der Waals surface area (Å²) in [5.41, 5.74) is 3.00. The van der Waals surface area contributed by atoms with Gasteiger partial charge in [0.05, 0.1) is 17.3 Å². The van der Waals surface area contributed by atoms with Crippen molar-refractivity contribution in [1.29, 1.82) is 0 Å². The number of aliphatic hydroxyl groups excluding tert-OH is 1. The number of hydrogen-bond donors (Lipinski definition) is 3. The summed E-state index contributed by atoms with van der Waals surface area (Å²) in [6.45, 7) is 10.2. The highest BCUT2D eigenvalue weighted by atomic mass is 35.5. The number of rotatable bonds is 8. The number of halogens is 1. The zero-order valence-electron chi connectivity index (χ0n) is 22.9. The molecule has 0 aromatic heterocycles. The van der Waals surface area contributed by atoms with Crippen LogP contribution in [-0.4, -0.2) is 52.2 Å². The number of carbonyl (C=O) groups is 3. The Morgan fingerprint density at radius 1 is 1.11 bits per heavy atom. The number of carbonyl (C=O) groups excluding carboxylic acids is 3. The molecule has 2 atom stereocenters. The molecule has 38 heavy (non-hydrogen) atoms. The van der Waals surface area contributed by atoms with Gasteiger partial charge in [-0.1, -0.05) is 53.1 Å². The Hall–Kier alpha value is -3.10. The van der Waals surface area contributed by atoms with Crippen molar-refractivity contribution in [3.8, 4) is 0 Å². The topological polar surface area (TPSA) is 108 Å². The maximum atomic E-state index is 14.0. The summed E-state index contributed by atoms with van der Waals surface area (Å²) >= 11 is 6.41. The number of alkyl carbamates (subject to hydrolysis) is 1. The van der Waals surface area contributed by atoms with Crippen LogP contribution in [0.15, 0.2) is 36.4 Å². The van der Waals surface area contributed by atoms with Crippen LogP contribution in [0.1, 0.15) is 68.3 Å². The van der Waals surface area contributed by atoms with Crippen LogP contribution in [0.2, 0.25) is 5.02 Å². The molecule has 2 unspecified atom stereocenters. The third-order valence-electron chi connectivity index (χ3n) is 6.45. The van der Waals surface area contributed by atoms with Gasteiger partial charge >= 0.3 is 6.09 Å². The second-order valence-corrected chi connectivity index (χ2v) is 11.4. The highest BCUT2D eigenvalue weighted by Gasteiger charge is 2.42. The van der Waals surface area contributed by atoms with Gasteiger partial charge in [-0.05, 0) is 78.0 Å². The molecule has 3 N–H and O–H groups in total. The molecule has 1 aliphatic rings. The summed E-state index contributed by atoms with van der Waals surface area (Å²) in [7, 11) is 0. The Morgan fingerprint density at radius 2 is 1.74 bits per heavy atom. The number of aryl methyl sites for hydroxylation is 3. The SMILES string of the molecule is Cc1cc(C)cc(C(C(=O)Nc2c(C)cccc2Cl)N(C(=O)C(CO)NC(=O)OC(C)(C)C)C2CCC2)c1. The van der Waals surface area contributed by atoms with E-state index < -0.39 is 42.2 Å². The van der Waals surface area contributed by atoms with Crippen molar-refractivity contribution in [3.63, 3.8) is 0 Å². The molecule has 1 fully saturated rings. The predicted octanol–water partition coefficient (Wildman–Crippen LogP) is 5.21. The summed E-state index contributed by atoms with van der Waals surface area (Å²) < 4.78 is 5.30. The molecule has 3 amide bonds. The van der Waals surface area contributed by atoms with Gasteiger partial charge in [-0.25, -0.2) is 4.79 Å². The summed E-state index contributed by atoms with van der Waals surface area (Å²) in [5, 5.41) is 15.9. The fourth-order valence-corrected chi connectivity index (χ4v) is 4.86. The summed E-state index contributed by atoms with van der Waals surface area (Å²) in [4.78, 5) is 42.0. The quantitative estimate of drug-likeness (QED) is 0.423. The van der Waals surface area contributed by atoms with Crippen LogP contribution in [0.4, 0.5) is 10.5 Å². The molecule has 0 radical (unpaired) electrons. The monoisotopic (exact) mass is 543 g/mol. The molecule has 0 saturated heterocycles. The average Bonchev–Trinajstić information content (AvgIpc) is 2.76. The normalized spacial score (nSPS) is 15.2. The molecule has 3 rings (SSSR count). The van der Waals surface area contributed by atoms with E-state index in [1.165, 1.54) is 4.90 Å². The van der Waals surface area contributed by atoms with E-state index in [-0.39, 0.29) is 6.04 Å². The first kappa shape index (κ1) is 29.5. The second kappa shape index (κ2) is 12.2. The van der Waals surface area contributed by atoms with E-state index in [4.69, 9.17) is 16.3 Å². The molecule has 1 aliphatic carbocycles.